The quantitative estimate of drug-likeness (QED) is 0.337. The molecule has 0 radical (unpaired) electrons. The smallest absolute Gasteiger partial charge is 0.323 e. The molecule has 9 nitrogen and oxygen atoms in total. The number of amides is 1. The molecule has 0 fully saturated rings. The minimum atomic E-state index is -4.04. The molecule has 0 aliphatic heterocycles. The number of nitrogens with two attached hydrogens (primary N) is 1. The van der Waals surface area contributed by atoms with Crippen LogP contribution >= 0.6 is 0 Å². The highest BCUT2D eigenvalue weighted by molar-refractivity contribution is 7.89. The lowest BCUT2D eigenvalue weighted by molar-refractivity contribution is -0.138. The number of unbranched alkanes of at least 4 members (excludes halogenated alkanes) is 2. The molecular weight excluding hydrogens is 422 g/mol. The summed E-state index contributed by atoms with van der Waals surface area (Å²) in [4.78, 5) is 23.7. The van der Waals surface area contributed by atoms with E-state index in [0.717, 1.165) is 19.3 Å². The molecule has 1 amide bonds. The lowest BCUT2D eigenvalue weighted by Gasteiger charge is -2.16. The summed E-state index contributed by atoms with van der Waals surface area (Å²) in [5.74, 6) is -1.32. The van der Waals surface area contributed by atoms with Crippen LogP contribution in [0.1, 0.15) is 29.6 Å². The monoisotopic (exact) mass is 449 g/mol. The first-order valence-corrected chi connectivity index (χ1v) is 11.3. The van der Waals surface area contributed by atoms with E-state index in [2.05, 4.69) is 10.0 Å². The van der Waals surface area contributed by atoms with E-state index < -0.39 is 34.5 Å². The van der Waals surface area contributed by atoms with Gasteiger partial charge in [0.05, 0.1) is 11.5 Å². The lowest BCUT2D eigenvalue weighted by Crippen LogP contribution is -2.48. The third-order valence-corrected chi connectivity index (χ3v) is 5.84. The van der Waals surface area contributed by atoms with Gasteiger partial charge in [-0.3, -0.25) is 9.59 Å². The number of carbonyl (C=O) groups excluding carboxylic acids is 1. The summed E-state index contributed by atoms with van der Waals surface area (Å²) in [6, 6.07) is 12.3. The van der Waals surface area contributed by atoms with E-state index in [1.54, 1.807) is 30.3 Å². The first kappa shape index (κ1) is 24.3. The first-order valence-electron chi connectivity index (χ1n) is 9.85. The maximum atomic E-state index is 12.3. The van der Waals surface area contributed by atoms with Crippen molar-refractivity contribution in [2.75, 3.05) is 19.7 Å². The number of rotatable bonds is 13. The Hall–Kier alpha value is -2.95. The largest absolute Gasteiger partial charge is 0.494 e. The minimum Gasteiger partial charge on any atom is -0.494 e. The number of benzene rings is 2. The summed E-state index contributed by atoms with van der Waals surface area (Å²) >= 11 is 0. The van der Waals surface area contributed by atoms with Crippen LogP contribution in [0.15, 0.2) is 59.5 Å². The van der Waals surface area contributed by atoms with Gasteiger partial charge >= 0.3 is 5.97 Å². The maximum Gasteiger partial charge on any atom is 0.323 e. The van der Waals surface area contributed by atoms with Gasteiger partial charge in [0.2, 0.25) is 10.0 Å². The predicted octanol–water partition coefficient (Wildman–Crippen LogP) is 1.36. The number of carboxylic acids is 1. The van der Waals surface area contributed by atoms with Gasteiger partial charge in [0.15, 0.2) is 0 Å². The van der Waals surface area contributed by atoms with E-state index in [9.17, 15) is 23.1 Å². The zero-order valence-corrected chi connectivity index (χ0v) is 17.8. The van der Waals surface area contributed by atoms with Gasteiger partial charge < -0.3 is 20.9 Å². The van der Waals surface area contributed by atoms with Crippen molar-refractivity contribution in [3.63, 3.8) is 0 Å². The lowest BCUT2D eigenvalue weighted by atomic mass is 10.2. The molecule has 0 aliphatic rings. The van der Waals surface area contributed by atoms with Crippen molar-refractivity contribution in [2.45, 2.75) is 30.2 Å². The minimum absolute atomic E-state index is 0.0637. The van der Waals surface area contributed by atoms with Crippen LogP contribution in [0.25, 0.3) is 0 Å². The Morgan fingerprint density at radius 3 is 2.29 bits per heavy atom. The number of aliphatic carboxylic acids is 1. The van der Waals surface area contributed by atoms with Gasteiger partial charge in [-0.1, -0.05) is 18.2 Å². The summed E-state index contributed by atoms with van der Waals surface area (Å²) in [5.41, 5.74) is 5.74. The molecule has 2 aromatic rings. The van der Waals surface area contributed by atoms with Crippen LogP contribution < -0.4 is 20.5 Å². The van der Waals surface area contributed by atoms with Crippen molar-refractivity contribution in [3.05, 3.63) is 60.2 Å². The Morgan fingerprint density at radius 1 is 1.00 bits per heavy atom. The fourth-order valence-electron chi connectivity index (χ4n) is 2.65. The van der Waals surface area contributed by atoms with E-state index in [-0.39, 0.29) is 4.90 Å². The summed E-state index contributed by atoms with van der Waals surface area (Å²) in [5, 5.41) is 11.8. The van der Waals surface area contributed by atoms with Crippen LogP contribution in [0.3, 0.4) is 0 Å². The molecule has 2 rings (SSSR count). The van der Waals surface area contributed by atoms with Crippen LogP contribution in [-0.2, 0) is 14.8 Å². The molecule has 168 valence electrons. The molecular formula is C21H27N3O6S. The normalized spacial score (nSPS) is 12.2. The van der Waals surface area contributed by atoms with E-state index >= 15 is 0 Å². The molecule has 5 N–H and O–H groups in total. The molecule has 0 saturated carbocycles. The Kier molecular flexibility index (Phi) is 9.44. The van der Waals surface area contributed by atoms with E-state index in [1.807, 2.05) is 0 Å². The second kappa shape index (κ2) is 12.0. The third kappa shape index (κ3) is 8.00. The average Bonchev–Trinajstić information content (AvgIpc) is 2.77. The predicted molar refractivity (Wildman–Crippen MR) is 115 cm³/mol. The third-order valence-electron chi connectivity index (χ3n) is 4.35. The standard InChI is InChI=1S/C21H27N3O6S/c22-13-5-2-6-14-30-17-11-9-16(10-12-17)20(25)23-15-19(21(26)27)24-31(28,29)18-7-3-1-4-8-18/h1,3-4,7-12,19,24H,2,5-6,13-15,22H2,(H,23,25)(H,26,27)/t19-/m0/s1. The highest BCUT2D eigenvalue weighted by atomic mass is 32.2. The van der Waals surface area contributed by atoms with Crippen LogP contribution in [0, 0.1) is 0 Å². The number of carbonyl (C=O) groups is 2. The van der Waals surface area contributed by atoms with E-state index in [4.69, 9.17) is 10.5 Å². The molecule has 2 aromatic carbocycles. The maximum absolute atomic E-state index is 12.3. The Bertz CT molecular complexity index is 949. The molecule has 0 saturated heterocycles. The van der Waals surface area contributed by atoms with Gasteiger partial charge in [-0.2, -0.15) is 4.72 Å². The van der Waals surface area contributed by atoms with Crippen molar-refractivity contribution < 1.29 is 27.9 Å². The molecule has 31 heavy (non-hydrogen) atoms. The Labute approximate surface area is 181 Å². The van der Waals surface area contributed by atoms with Gasteiger partial charge in [-0.25, -0.2) is 8.42 Å². The molecule has 10 heteroatoms. The number of ether oxygens (including phenoxy) is 1. The van der Waals surface area contributed by atoms with E-state index in [1.165, 1.54) is 24.3 Å². The van der Waals surface area contributed by atoms with Crippen molar-refractivity contribution in [1.82, 2.24) is 10.0 Å². The fourth-order valence-corrected chi connectivity index (χ4v) is 3.86. The van der Waals surface area contributed by atoms with Gasteiger partial charge in [-0.15, -0.1) is 0 Å². The number of sulfonamides is 1. The highest BCUT2D eigenvalue weighted by Crippen LogP contribution is 2.13. The van der Waals surface area contributed by atoms with Gasteiger partial charge in [0.25, 0.3) is 5.91 Å². The van der Waals surface area contributed by atoms with Gasteiger partial charge in [0, 0.05) is 12.1 Å². The second-order valence-corrected chi connectivity index (χ2v) is 8.47. The molecule has 0 aromatic heterocycles. The van der Waals surface area contributed by atoms with E-state index in [0.29, 0.717) is 24.5 Å². The number of hydrogen-bond acceptors (Lipinski definition) is 6. The van der Waals surface area contributed by atoms with Gasteiger partial charge in [0.1, 0.15) is 11.8 Å². The number of carboxylic acid groups (broad SMARTS) is 1. The van der Waals surface area contributed by atoms with Crippen molar-refractivity contribution in [1.29, 1.82) is 0 Å². The molecule has 1 atom stereocenters. The van der Waals surface area contributed by atoms with Crippen LogP contribution in [-0.4, -0.2) is 51.1 Å². The first-order chi connectivity index (χ1) is 14.8. The number of nitrogens with one attached hydrogen (secondary N) is 2. The van der Waals surface area contributed by atoms with Crippen LogP contribution in [0.5, 0.6) is 5.75 Å². The zero-order valence-electron chi connectivity index (χ0n) is 17.0. The second-order valence-electron chi connectivity index (χ2n) is 6.76. The SMILES string of the molecule is NCCCCCOc1ccc(C(=O)NC[C@H](NS(=O)(=O)c2ccccc2)C(=O)O)cc1. The highest BCUT2D eigenvalue weighted by Gasteiger charge is 2.25. The van der Waals surface area contributed by atoms with Crippen LogP contribution in [0.2, 0.25) is 0 Å². The molecule has 0 unspecified atom stereocenters. The van der Waals surface area contributed by atoms with Crippen LogP contribution in [0.4, 0.5) is 0 Å². The molecule has 0 bridgehead atoms. The number of hydrogen-bond donors (Lipinski definition) is 4. The molecule has 0 heterocycles. The molecule has 0 aliphatic carbocycles. The Balaban J connectivity index is 1.89. The summed E-state index contributed by atoms with van der Waals surface area (Å²) in [6.45, 7) is 0.785. The summed E-state index contributed by atoms with van der Waals surface area (Å²) in [7, 11) is -4.04. The summed E-state index contributed by atoms with van der Waals surface area (Å²) in [6.07, 6.45) is 2.81. The molecule has 0 spiro atoms. The zero-order chi connectivity index (χ0) is 22.7. The van der Waals surface area contributed by atoms with Crippen molar-refractivity contribution >= 4 is 21.9 Å². The Morgan fingerprint density at radius 2 is 1.68 bits per heavy atom. The average molecular weight is 450 g/mol. The topological polar surface area (TPSA) is 148 Å². The summed E-state index contributed by atoms with van der Waals surface area (Å²) < 4.78 is 32.4. The van der Waals surface area contributed by atoms with Crippen molar-refractivity contribution in [3.8, 4) is 5.75 Å². The van der Waals surface area contributed by atoms with Gasteiger partial charge in [-0.05, 0) is 62.2 Å². The fraction of sp³-hybridized carbons (Fsp3) is 0.333. The van der Waals surface area contributed by atoms with Crippen molar-refractivity contribution in [2.24, 2.45) is 5.73 Å².